The Bertz CT molecular complexity index is 198. The minimum atomic E-state index is -0.923. The summed E-state index contributed by atoms with van der Waals surface area (Å²) in [5, 5.41) is 8.72. The van der Waals surface area contributed by atoms with Crippen LogP contribution in [0.1, 0.15) is 41.5 Å². The van der Waals surface area contributed by atoms with E-state index in [9.17, 15) is 4.79 Å². The van der Waals surface area contributed by atoms with Gasteiger partial charge in [0.25, 0.3) is 0 Å². The van der Waals surface area contributed by atoms with Crippen LogP contribution in [0.5, 0.6) is 0 Å². The molecule has 0 aliphatic heterocycles. The molecule has 0 aromatic rings. The molecule has 0 bridgehead atoms. The number of carbonyl (C=O) groups is 1. The van der Waals surface area contributed by atoms with Crippen LogP contribution in [0.2, 0.25) is 6.32 Å². The summed E-state index contributed by atoms with van der Waals surface area (Å²) in [5.41, 5.74) is -0.823. The van der Waals surface area contributed by atoms with Gasteiger partial charge in [-0.15, -0.1) is 0 Å². The van der Waals surface area contributed by atoms with Crippen LogP contribution < -0.4 is 0 Å². The molecule has 0 aromatic heterocycles. The summed E-state index contributed by atoms with van der Waals surface area (Å²) in [7, 11) is -0.706. The lowest BCUT2D eigenvalue weighted by Crippen LogP contribution is -2.40. The second-order valence-corrected chi connectivity index (χ2v) is 5.49. The summed E-state index contributed by atoms with van der Waals surface area (Å²) in [6, 6.07) is 0. The number of hydrogen-bond acceptors (Lipinski definition) is 3. The van der Waals surface area contributed by atoms with Crippen molar-refractivity contribution in [1.82, 2.24) is 0 Å². The first-order chi connectivity index (χ1) is 6.49. The van der Waals surface area contributed by atoms with Gasteiger partial charge in [0.1, 0.15) is 0 Å². The Labute approximate surface area is 92.1 Å². The van der Waals surface area contributed by atoms with Crippen molar-refractivity contribution >= 4 is 13.1 Å². The average Bonchev–Trinajstić information content (AvgIpc) is 1.73. The summed E-state index contributed by atoms with van der Waals surface area (Å²) in [6.07, 6.45) is -0.144. The van der Waals surface area contributed by atoms with E-state index in [1.54, 1.807) is 0 Å². The molecule has 0 rings (SSSR count). The van der Waals surface area contributed by atoms with E-state index in [0.717, 1.165) is 0 Å². The monoisotopic (exact) mass is 216 g/mol. The number of rotatable bonds is 4. The van der Waals surface area contributed by atoms with Crippen LogP contribution in [0.15, 0.2) is 0 Å². The van der Waals surface area contributed by atoms with E-state index in [-0.39, 0.29) is 6.32 Å². The quantitative estimate of drug-likeness (QED) is 0.731. The lowest BCUT2D eigenvalue weighted by molar-refractivity contribution is -0.135. The molecule has 0 heterocycles. The Morgan fingerprint density at radius 1 is 1.07 bits per heavy atom. The molecule has 4 nitrogen and oxygen atoms in total. The van der Waals surface area contributed by atoms with Crippen LogP contribution in [0.25, 0.3) is 0 Å². The Morgan fingerprint density at radius 3 is 1.60 bits per heavy atom. The molecule has 0 aliphatic carbocycles. The largest absolute Gasteiger partial charge is 0.482 e. The maximum absolute atomic E-state index is 10.6. The second kappa shape index (κ2) is 4.99. The van der Waals surface area contributed by atoms with Crippen LogP contribution in [-0.4, -0.2) is 29.4 Å². The molecule has 1 N–H and O–H groups in total. The summed E-state index contributed by atoms with van der Waals surface area (Å²) in [4.78, 5) is 10.6. The van der Waals surface area contributed by atoms with Gasteiger partial charge in [-0.1, -0.05) is 0 Å². The number of carboxylic acid groups (broad SMARTS) is 1. The van der Waals surface area contributed by atoms with E-state index >= 15 is 0 Å². The number of aliphatic carboxylic acids is 1. The minimum Gasteiger partial charge on any atom is -0.482 e. The third-order valence-electron chi connectivity index (χ3n) is 1.31. The predicted octanol–water partition coefficient (Wildman–Crippen LogP) is 2.19. The Balaban J connectivity index is 4.39. The smallest absolute Gasteiger partial charge is 0.469 e. The van der Waals surface area contributed by atoms with Gasteiger partial charge in [-0.25, -0.2) is 0 Å². The van der Waals surface area contributed by atoms with Crippen LogP contribution in [0.3, 0.4) is 0 Å². The molecule has 0 aromatic carbocycles. The lowest BCUT2D eigenvalue weighted by atomic mass is 9.82. The normalized spacial score (nSPS) is 12.7. The molecular formula is C10H21BO4. The van der Waals surface area contributed by atoms with Crippen molar-refractivity contribution in [2.75, 3.05) is 0 Å². The molecule has 0 saturated heterocycles. The van der Waals surface area contributed by atoms with Crippen molar-refractivity contribution in [1.29, 1.82) is 0 Å². The number of carboxylic acids is 1. The SMILES string of the molecule is CC(C)(C)OB(CC(=O)O)OC(C)(C)C. The fourth-order valence-corrected chi connectivity index (χ4v) is 1.04. The predicted molar refractivity (Wildman–Crippen MR) is 59.9 cm³/mol. The van der Waals surface area contributed by atoms with Gasteiger partial charge in [-0.05, 0) is 41.5 Å². The van der Waals surface area contributed by atoms with Crippen LogP contribution >= 0.6 is 0 Å². The minimum absolute atomic E-state index is 0.144. The summed E-state index contributed by atoms with van der Waals surface area (Å²) in [5.74, 6) is -0.923. The standard InChI is InChI=1S/C10H21BO4/c1-9(2,3)14-11(7-8(12)13)15-10(4,5)6/h7H2,1-6H3,(H,12,13). The van der Waals surface area contributed by atoms with Crippen molar-refractivity contribution in [3.63, 3.8) is 0 Å². The van der Waals surface area contributed by atoms with E-state index in [1.807, 2.05) is 41.5 Å². The molecule has 0 saturated carbocycles. The highest BCUT2D eigenvalue weighted by Gasteiger charge is 2.31. The molecule has 0 unspecified atom stereocenters. The maximum Gasteiger partial charge on any atom is 0.469 e. The van der Waals surface area contributed by atoms with E-state index < -0.39 is 24.3 Å². The van der Waals surface area contributed by atoms with Gasteiger partial charge in [-0.3, -0.25) is 4.79 Å². The highest BCUT2D eigenvalue weighted by molar-refractivity contribution is 6.49. The third kappa shape index (κ3) is 9.75. The molecule has 0 spiro atoms. The zero-order valence-electron chi connectivity index (χ0n) is 10.5. The molecule has 0 fully saturated rings. The van der Waals surface area contributed by atoms with E-state index in [2.05, 4.69) is 0 Å². The number of hydrogen-bond donors (Lipinski definition) is 1. The van der Waals surface area contributed by atoms with Crippen LogP contribution in [0, 0.1) is 0 Å². The maximum atomic E-state index is 10.6. The Morgan fingerprint density at radius 2 is 1.40 bits per heavy atom. The van der Waals surface area contributed by atoms with Crippen LogP contribution in [-0.2, 0) is 14.1 Å². The van der Waals surface area contributed by atoms with E-state index in [4.69, 9.17) is 14.4 Å². The first-order valence-corrected chi connectivity index (χ1v) is 5.07. The molecule has 0 radical (unpaired) electrons. The molecule has 5 heteroatoms. The molecule has 0 amide bonds. The Hall–Kier alpha value is -0.545. The summed E-state index contributed by atoms with van der Waals surface area (Å²) >= 11 is 0. The first kappa shape index (κ1) is 14.5. The van der Waals surface area contributed by atoms with Gasteiger partial charge in [0.15, 0.2) is 0 Å². The lowest BCUT2D eigenvalue weighted by Gasteiger charge is -2.29. The van der Waals surface area contributed by atoms with Crippen molar-refractivity contribution < 1.29 is 19.2 Å². The van der Waals surface area contributed by atoms with Gasteiger partial charge >= 0.3 is 13.1 Å². The Kier molecular flexibility index (Phi) is 4.81. The second-order valence-electron chi connectivity index (χ2n) is 5.49. The highest BCUT2D eigenvalue weighted by atomic mass is 16.6. The molecule has 0 atom stereocenters. The van der Waals surface area contributed by atoms with Gasteiger partial charge in [0.05, 0.1) is 6.32 Å². The van der Waals surface area contributed by atoms with Crippen molar-refractivity contribution in [2.24, 2.45) is 0 Å². The zero-order valence-corrected chi connectivity index (χ0v) is 10.5. The fourth-order valence-electron chi connectivity index (χ4n) is 1.04. The summed E-state index contributed by atoms with van der Waals surface area (Å²) in [6.45, 7) is 11.2. The average molecular weight is 216 g/mol. The van der Waals surface area contributed by atoms with Crippen molar-refractivity contribution in [3.8, 4) is 0 Å². The molecule has 88 valence electrons. The highest BCUT2D eigenvalue weighted by Crippen LogP contribution is 2.17. The summed E-state index contributed by atoms with van der Waals surface area (Å²) < 4.78 is 11.0. The van der Waals surface area contributed by atoms with E-state index in [0.29, 0.717) is 0 Å². The van der Waals surface area contributed by atoms with Crippen LogP contribution in [0.4, 0.5) is 0 Å². The zero-order chi connectivity index (χ0) is 12.3. The first-order valence-electron chi connectivity index (χ1n) is 5.07. The van der Waals surface area contributed by atoms with Crippen molar-refractivity contribution in [2.45, 2.75) is 59.1 Å². The molecule has 0 aliphatic rings. The van der Waals surface area contributed by atoms with E-state index in [1.165, 1.54) is 0 Å². The third-order valence-corrected chi connectivity index (χ3v) is 1.31. The fraction of sp³-hybridized carbons (Fsp3) is 0.900. The molecular weight excluding hydrogens is 195 g/mol. The van der Waals surface area contributed by atoms with Gasteiger partial charge in [0, 0.05) is 11.2 Å². The van der Waals surface area contributed by atoms with Gasteiger partial charge in [-0.2, -0.15) is 0 Å². The molecule has 15 heavy (non-hydrogen) atoms. The topological polar surface area (TPSA) is 55.8 Å². The van der Waals surface area contributed by atoms with Gasteiger partial charge in [0.2, 0.25) is 0 Å². The van der Waals surface area contributed by atoms with Gasteiger partial charge < -0.3 is 14.4 Å². The van der Waals surface area contributed by atoms with Crippen molar-refractivity contribution in [3.05, 3.63) is 0 Å².